The van der Waals surface area contributed by atoms with Gasteiger partial charge in [0.2, 0.25) is 5.91 Å². The Hall–Kier alpha value is -3.52. The number of thioether (sulfide) groups is 1. The number of hydrogen-bond donors (Lipinski definition) is 1. The number of ether oxygens (including phenoxy) is 2. The van der Waals surface area contributed by atoms with Gasteiger partial charge in [0.1, 0.15) is 16.5 Å². The second-order valence-electron chi connectivity index (χ2n) is 7.09. The summed E-state index contributed by atoms with van der Waals surface area (Å²) in [6.07, 6.45) is 3.49. The Balaban J connectivity index is 1.49. The van der Waals surface area contributed by atoms with Crippen molar-refractivity contribution in [1.29, 1.82) is 0 Å². The molecule has 4 aromatic rings. The summed E-state index contributed by atoms with van der Waals surface area (Å²) in [6.45, 7) is 4.56. The first-order valence-corrected chi connectivity index (χ1v) is 11.2. The molecule has 1 amide bonds. The molecule has 0 aliphatic rings. The van der Waals surface area contributed by atoms with Crippen LogP contribution in [0.5, 0.6) is 11.5 Å². The van der Waals surface area contributed by atoms with Crippen LogP contribution in [0.25, 0.3) is 16.8 Å². The monoisotopic (exact) mass is 448 g/mol. The molecule has 0 radical (unpaired) electrons. The number of nitrogens with zero attached hydrogens (tertiary/aromatic N) is 3. The smallest absolute Gasteiger partial charge is 0.234 e. The van der Waals surface area contributed by atoms with E-state index < -0.39 is 0 Å². The first kappa shape index (κ1) is 21.7. The maximum atomic E-state index is 12.6. The number of carbonyl (C=O) groups is 1. The van der Waals surface area contributed by atoms with Gasteiger partial charge in [-0.05, 0) is 61.9 Å². The molecule has 0 aliphatic heterocycles. The fraction of sp³-hybridized carbons (Fsp3) is 0.208. The van der Waals surface area contributed by atoms with E-state index in [4.69, 9.17) is 9.47 Å². The Labute approximate surface area is 190 Å². The summed E-state index contributed by atoms with van der Waals surface area (Å²) >= 11 is 1.37. The topological polar surface area (TPSA) is 77.8 Å². The second-order valence-corrected chi connectivity index (χ2v) is 8.05. The lowest BCUT2D eigenvalue weighted by Crippen LogP contribution is -2.15. The number of amides is 1. The molecule has 32 heavy (non-hydrogen) atoms. The van der Waals surface area contributed by atoms with Crippen LogP contribution in [0.15, 0.2) is 66.0 Å². The largest absolute Gasteiger partial charge is 0.495 e. The van der Waals surface area contributed by atoms with E-state index >= 15 is 0 Å². The van der Waals surface area contributed by atoms with Crippen molar-refractivity contribution in [2.24, 2.45) is 0 Å². The summed E-state index contributed by atoms with van der Waals surface area (Å²) in [6, 6.07) is 15.5. The number of aryl methyl sites for hydroxylation is 1. The molecular formula is C24H24N4O3S. The summed E-state index contributed by atoms with van der Waals surface area (Å²) in [4.78, 5) is 17.0. The lowest BCUT2D eigenvalue weighted by Gasteiger charge is -2.11. The second kappa shape index (κ2) is 9.74. The van der Waals surface area contributed by atoms with Crippen molar-refractivity contribution in [1.82, 2.24) is 14.6 Å². The van der Waals surface area contributed by atoms with E-state index in [1.54, 1.807) is 24.0 Å². The first-order chi connectivity index (χ1) is 15.6. The Bertz CT molecular complexity index is 1240. The SMILES string of the molecule is CCOc1ccc(-c2cc3c(SCC(=O)Nc4cc(C)ccc4OC)nccn3n2)cc1. The minimum absolute atomic E-state index is 0.131. The van der Waals surface area contributed by atoms with E-state index in [9.17, 15) is 4.79 Å². The maximum Gasteiger partial charge on any atom is 0.234 e. The van der Waals surface area contributed by atoms with Crippen LogP contribution in [0.1, 0.15) is 12.5 Å². The van der Waals surface area contributed by atoms with Crippen molar-refractivity contribution >= 4 is 28.9 Å². The summed E-state index contributed by atoms with van der Waals surface area (Å²) in [5, 5.41) is 8.31. The zero-order valence-corrected chi connectivity index (χ0v) is 19.0. The zero-order chi connectivity index (χ0) is 22.5. The fourth-order valence-corrected chi connectivity index (χ4v) is 4.05. The molecule has 0 unspecified atom stereocenters. The number of nitrogens with one attached hydrogen (secondary N) is 1. The van der Waals surface area contributed by atoms with E-state index in [0.717, 1.165) is 33.1 Å². The van der Waals surface area contributed by atoms with Gasteiger partial charge in [0.25, 0.3) is 0 Å². The van der Waals surface area contributed by atoms with Crippen LogP contribution in [-0.2, 0) is 4.79 Å². The normalized spacial score (nSPS) is 10.8. The Kier molecular flexibility index (Phi) is 6.61. The highest BCUT2D eigenvalue weighted by atomic mass is 32.2. The Morgan fingerprint density at radius 1 is 1.16 bits per heavy atom. The molecule has 0 aliphatic carbocycles. The zero-order valence-electron chi connectivity index (χ0n) is 18.2. The minimum atomic E-state index is -0.131. The average molecular weight is 449 g/mol. The number of aromatic nitrogens is 3. The number of carbonyl (C=O) groups excluding carboxylic acids is 1. The van der Waals surface area contributed by atoms with Crippen molar-refractivity contribution < 1.29 is 14.3 Å². The Morgan fingerprint density at radius 2 is 1.97 bits per heavy atom. The molecule has 8 heteroatoms. The minimum Gasteiger partial charge on any atom is -0.495 e. The van der Waals surface area contributed by atoms with Crippen LogP contribution in [0.4, 0.5) is 5.69 Å². The lowest BCUT2D eigenvalue weighted by molar-refractivity contribution is -0.113. The average Bonchev–Trinajstić information content (AvgIpc) is 3.23. The van der Waals surface area contributed by atoms with Crippen LogP contribution in [0, 0.1) is 6.92 Å². The molecule has 0 atom stereocenters. The highest BCUT2D eigenvalue weighted by Gasteiger charge is 2.13. The van der Waals surface area contributed by atoms with Gasteiger partial charge >= 0.3 is 0 Å². The third kappa shape index (κ3) is 4.86. The number of anilines is 1. The van der Waals surface area contributed by atoms with Gasteiger partial charge in [-0.25, -0.2) is 9.50 Å². The molecule has 2 aromatic carbocycles. The predicted octanol–water partition coefficient (Wildman–Crippen LogP) is 4.84. The fourth-order valence-electron chi connectivity index (χ4n) is 3.28. The van der Waals surface area contributed by atoms with Gasteiger partial charge in [-0.15, -0.1) is 0 Å². The first-order valence-electron chi connectivity index (χ1n) is 10.2. The van der Waals surface area contributed by atoms with Crippen LogP contribution < -0.4 is 14.8 Å². The molecular weight excluding hydrogens is 424 g/mol. The number of hydrogen-bond acceptors (Lipinski definition) is 6. The quantitative estimate of drug-likeness (QED) is 0.389. The molecule has 7 nitrogen and oxygen atoms in total. The number of benzene rings is 2. The molecule has 0 fully saturated rings. The molecule has 4 rings (SSSR count). The summed E-state index contributed by atoms with van der Waals surface area (Å²) in [7, 11) is 1.58. The van der Waals surface area contributed by atoms with Gasteiger partial charge in [0.05, 0.1) is 36.4 Å². The van der Waals surface area contributed by atoms with Gasteiger partial charge in [-0.2, -0.15) is 5.10 Å². The third-order valence-corrected chi connectivity index (χ3v) is 5.78. The number of fused-ring (bicyclic) bond motifs is 1. The highest BCUT2D eigenvalue weighted by molar-refractivity contribution is 8.00. The van der Waals surface area contributed by atoms with Crippen molar-refractivity contribution in [2.75, 3.05) is 24.8 Å². The van der Waals surface area contributed by atoms with Crippen LogP contribution in [0.3, 0.4) is 0 Å². The highest BCUT2D eigenvalue weighted by Crippen LogP contribution is 2.28. The number of methoxy groups -OCH3 is 1. The summed E-state index contributed by atoms with van der Waals surface area (Å²) < 4.78 is 12.6. The van der Waals surface area contributed by atoms with Crippen molar-refractivity contribution in [3.05, 3.63) is 66.5 Å². The van der Waals surface area contributed by atoms with E-state index in [1.807, 2.05) is 62.4 Å². The van der Waals surface area contributed by atoms with Gasteiger partial charge in [0.15, 0.2) is 0 Å². The van der Waals surface area contributed by atoms with E-state index in [-0.39, 0.29) is 11.7 Å². The standard InChI is InChI=1S/C24H24N4O3S/c1-4-31-18-8-6-17(7-9-18)19-14-21-24(25-11-12-28(21)27-19)32-15-23(29)26-20-13-16(2)5-10-22(20)30-3/h5-14H,4,15H2,1-3H3,(H,26,29). The van der Waals surface area contributed by atoms with Crippen molar-refractivity contribution in [2.45, 2.75) is 18.9 Å². The van der Waals surface area contributed by atoms with Crippen molar-refractivity contribution in [3.63, 3.8) is 0 Å². The van der Waals surface area contributed by atoms with Gasteiger partial charge in [0, 0.05) is 18.0 Å². The van der Waals surface area contributed by atoms with E-state index in [2.05, 4.69) is 15.4 Å². The molecule has 0 saturated heterocycles. The van der Waals surface area contributed by atoms with Crippen molar-refractivity contribution in [3.8, 4) is 22.8 Å². The van der Waals surface area contributed by atoms with Crippen LogP contribution in [0.2, 0.25) is 0 Å². The van der Waals surface area contributed by atoms with Gasteiger partial charge < -0.3 is 14.8 Å². The lowest BCUT2D eigenvalue weighted by atomic mass is 10.1. The molecule has 0 spiro atoms. The molecule has 164 valence electrons. The van der Waals surface area contributed by atoms with Crippen LogP contribution in [-0.4, -0.2) is 40.0 Å². The predicted molar refractivity (Wildman–Crippen MR) is 127 cm³/mol. The van der Waals surface area contributed by atoms with Crippen LogP contribution >= 0.6 is 11.8 Å². The molecule has 0 saturated carbocycles. The molecule has 2 heterocycles. The summed E-state index contributed by atoms with van der Waals surface area (Å²) in [5.41, 5.74) is 4.37. The Morgan fingerprint density at radius 3 is 2.72 bits per heavy atom. The summed E-state index contributed by atoms with van der Waals surface area (Å²) in [5.74, 6) is 1.54. The molecule has 1 N–H and O–H groups in total. The third-order valence-electron chi connectivity index (χ3n) is 4.78. The molecule has 0 bridgehead atoms. The van der Waals surface area contributed by atoms with E-state index in [0.29, 0.717) is 18.0 Å². The van der Waals surface area contributed by atoms with Gasteiger partial charge in [-0.1, -0.05) is 17.8 Å². The van der Waals surface area contributed by atoms with E-state index in [1.165, 1.54) is 11.8 Å². The number of rotatable bonds is 8. The molecule has 2 aromatic heterocycles. The maximum absolute atomic E-state index is 12.6. The van der Waals surface area contributed by atoms with Gasteiger partial charge in [-0.3, -0.25) is 4.79 Å².